The summed E-state index contributed by atoms with van der Waals surface area (Å²) in [5, 5.41) is 7.10. The predicted molar refractivity (Wildman–Crippen MR) is 81.1 cm³/mol. The summed E-state index contributed by atoms with van der Waals surface area (Å²) in [4.78, 5) is 16.9. The van der Waals surface area contributed by atoms with Gasteiger partial charge in [-0.2, -0.15) is 4.98 Å². The fraction of sp³-hybridized carbons (Fsp3) is 0.267. The van der Waals surface area contributed by atoms with E-state index in [0.717, 1.165) is 23.5 Å². The molecule has 22 heavy (non-hydrogen) atoms. The number of hydrogen-bond donors (Lipinski definition) is 1. The molecule has 7 nitrogen and oxygen atoms in total. The van der Waals surface area contributed by atoms with Crippen molar-refractivity contribution in [1.29, 1.82) is 0 Å². The van der Waals surface area contributed by atoms with Crippen LogP contribution in [0.2, 0.25) is 0 Å². The van der Waals surface area contributed by atoms with Crippen LogP contribution in [0.5, 0.6) is 0 Å². The van der Waals surface area contributed by atoms with Crippen LogP contribution in [0, 0.1) is 6.92 Å². The molecule has 0 amide bonds. The number of rotatable bonds is 5. The second-order valence-corrected chi connectivity index (χ2v) is 5.03. The molecule has 1 N–H and O–H groups in total. The lowest BCUT2D eigenvalue weighted by Gasteiger charge is -2.13. The van der Waals surface area contributed by atoms with E-state index in [1.165, 1.54) is 0 Å². The zero-order valence-electron chi connectivity index (χ0n) is 12.4. The molecule has 112 valence electrons. The van der Waals surface area contributed by atoms with Gasteiger partial charge in [0.15, 0.2) is 5.82 Å². The van der Waals surface area contributed by atoms with Crippen molar-refractivity contribution in [2.24, 2.45) is 0 Å². The third-order valence-electron chi connectivity index (χ3n) is 3.06. The molecule has 0 saturated heterocycles. The Hall–Kier alpha value is -2.83. The average Bonchev–Trinajstić information content (AvgIpc) is 2.95. The smallest absolute Gasteiger partial charge is 0.259 e. The first-order chi connectivity index (χ1) is 10.7. The second-order valence-electron chi connectivity index (χ2n) is 5.03. The van der Waals surface area contributed by atoms with E-state index in [2.05, 4.69) is 37.3 Å². The van der Waals surface area contributed by atoms with Crippen LogP contribution in [-0.4, -0.2) is 31.1 Å². The quantitative estimate of drug-likeness (QED) is 0.772. The Kier molecular flexibility index (Phi) is 4.04. The molecule has 3 rings (SSSR count). The van der Waals surface area contributed by atoms with Crippen molar-refractivity contribution in [3.05, 3.63) is 48.4 Å². The summed E-state index contributed by atoms with van der Waals surface area (Å²) in [5.41, 5.74) is 1.74. The van der Waals surface area contributed by atoms with Crippen LogP contribution in [0.3, 0.4) is 0 Å². The topological polar surface area (TPSA) is 89.6 Å². The van der Waals surface area contributed by atoms with Gasteiger partial charge < -0.3 is 9.84 Å². The molecule has 0 saturated carbocycles. The minimum atomic E-state index is 0.195. The standard InChI is InChI=1S/C15H16N6O/c1-10(7-13-9-16-5-6-17-13)19-14-4-3-12(8-18-14)15-20-11(2)21-22-15/h3-6,8-10H,7H2,1-2H3,(H,18,19). The van der Waals surface area contributed by atoms with Crippen molar-refractivity contribution < 1.29 is 4.52 Å². The highest BCUT2D eigenvalue weighted by atomic mass is 16.5. The lowest BCUT2D eigenvalue weighted by molar-refractivity contribution is 0.425. The molecule has 0 aliphatic carbocycles. The number of pyridine rings is 1. The van der Waals surface area contributed by atoms with Gasteiger partial charge in [0.25, 0.3) is 5.89 Å². The highest BCUT2D eigenvalue weighted by molar-refractivity contribution is 5.54. The van der Waals surface area contributed by atoms with Crippen molar-refractivity contribution in [3.63, 3.8) is 0 Å². The van der Waals surface area contributed by atoms with Crippen LogP contribution in [0.4, 0.5) is 5.82 Å². The van der Waals surface area contributed by atoms with Crippen LogP contribution in [0.1, 0.15) is 18.4 Å². The summed E-state index contributed by atoms with van der Waals surface area (Å²) in [6, 6.07) is 3.99. The number of nitrogens with one attached hydrogen (secondary N) is 1. The normalized spacial score (nSPS) is 12.1. The zero-order chi connectivity index (χ0) is 15.4. The number of hydrogen-bond acceptors (Lipinski definition) is 7. The molecule has 0 aromatic carbocycles. The third kappa shape index (κ3) is 3.43. The number of anilines is 1. The molecular weight excluding hydrogens is 280 g/mol. The van der Waals surface area contributed by atoms with Crippen molar-refractivity contribution in [3.8, 4) is 11.5 Å². The van der Waals surface area contributed by atoms with Crippen molar-refractivity contribution >= 4 is 5.82 Å². The summed E-state index contributed by atoms with van der Waals surface area (Å²) < 4.78 is 5.11. The van der Waals surface area contributed by atoms with Crippen LogP contribution in [0.15, 0.2) is 41.4 Å². The van der Waals surface area contributed by atoms with Gasteiger partial charge in [-0.15, -0.1) is 0 Å². The van der Waals surface area contributed by atoms with E-state index in [4.69, 9.17) is 4.52 Å². The lowest BCUT2D eigenvalue weighted by atomic mass is 10.2. The first-order valence-electron chi connectivity index (χ1n) is 6.99. The van der Waals surface area contributed by atoms with Crippen LogP contribution in [-0.2, 0) is 6.42 Å². The van der Waals surface area contributed by atoms with E-state index < -0.39 is 0 Å². The third-order valence-corrected chi connectivity index (χ3v) is 3.06. The van der Waals surface area contributed by atoms with Crippen LogP contribution in [0.25, 0.3) is 11.5 Å². The molecular formula is C15H16N6O. The first-order valence-corrected chi connectivity index (χ1v) is 6.99. The molecule has 0 bridgehead atoms. The Morgan fingerprint density at radius 1 is 1.18 bits per heavy atom. The summed E-state index contributed by atoms with van der Waals surface area (Å²) >= 11 is 0. The van der Waals surface area contributed by atoms with E-state index in [1.807, 2.05) is 12.1 Å². The maximum absolute atomic E-state index is 5.11. The van der Waals surface area contributed by atoms with E-state index in [1.54, 1.807) is 31.7 Å². The van der Waals surface area contributed by atoms with E-state index in [9.17, 15) is 0 Å². The molecule has 3 aromatic rings. The maximum Gasteiger partial charge on any atom is 0.259 e. The molecule has 0 radical (unpaired) electrons. The first kappa shape index (κ1) is 14.1. The molecule has 1 unspecified atom stereocenters. The molecule has 7 heteroatoms. The largest absolute Gasteiger partial charge is 0.367 e. The molecule has 0 fully saturated rings. The molecule has 1 atom stereocenters. The fourth-order valence-corrected chi connectivity index (χ4v) is 2.07. The van der Waals surface area contributed by atoms with Gasteiger partial charge in [0, 0.05) is 37.3 Å². The van der Waals surface area contributed by atoms with Crippen LogP contribution < -0.4 is 5.32 Å². The van der Waals surface area contributed by atoms with Crippen LogP contribution >= 0.6 is 0 Å². The van der Waals surface area contributed by atoms with Gasteiger partial charge in [0.05, 0.1) is 11.3 Å². The highest BCUT2D eigenvalue weighted by Gasteiger charge is 2.08. The van der Waals surface area contributed by atoms with Gasteiger partial charge in [-0.05, 0) is 26.0 Å². The zero-order valence-corrected chi connectivity index (χ0v) is 12.4. The summed E-state index contributed by atoms with van der Waals surface area (Å²) in [5.74, 6) is 1.87. The maximum atomic E-state index is 5.11. The van der Waals surface area contributed by atoms with Gasteiger partial charge in [0.1, 0.15) is 5.82 Å². The molecule has 0 aliphatic rings. The lowest BCUT2D eigenvalue weighted by Crippen LogP contribution is -2.19. The van der Waals surface area contributed by atoms with E-state index in [-0.39, 0.29) is 6.04 Å². The SMILES string of the molecule is Cc1noc(-c2ccc(NC(C)Cc3cnccn3)nc2)n1. The number of aryl methyl sites for hydroxylation is 1. The Balaban J connectivity index is 1.63. The highest BCUT2D eigenvalue weighted by Crippen LogP contribution is 2.17. The Morgan fingerprint density at radius 2 is 2.09 bits per heavy atom. The van der Waals surface area contributed by atoms with E-state index in [0.29, 0.717) is 11.7 Å². The molecule has 3 aromatic heterocycles. The van der Waals surface area contributed by atoms with Gasteiger partial charge in [-0.3, -0.25) is 9.97 Å². The minimum absolute atomic E-state index is 0.195. The van der Waals surface area contributed by atoms with Gasteiger partial charge >= 0.3 is 0 Å². The van der Waals surface area contributed by atoms with Crippen molar-refractivity contribution in [1.82, 2.24) is 25.1 Å². The predicted octanol–water partition coefficient (Wildman–Crippen LogP) is 2.27. The Labute approximate surface area is 127 Å². The summed E-state index contributed by atoms with van der Waals surface area (Å²) in [6.45, 7) is 3.86. The molecule has 0 aliphatic heterocycles. The minimum Gasteiger partial charge on any atom is -0.367 e. The molecule has 0 spiro atoms. The Bertz CT molecular complexity index is 725. The Morgan fingerprint density at radius 3 is 2.73 bits per heavy atom. The monoisotopic (exact) mass is 296 g/mol. The molecule has 3 heterocycles. The van der Waals surface area contributed by atoms with E-state index >= 15 is 0 Å². The van der Waals surface area contributed by atoms with Gasteiger partial charge in [-0.1, -0.05) is 5.16 Å². The average molecular weight is 296 g/mol. The fourth-order valence-electron chi connectivity index (χ4n) is 2.07. The van der Waals surface area contributed by atoms with Crippen molar-refractivity contribution in [2.45, 2.75) is 26.3 Å². The number of aromatic nitrogens is 5. The summed E-state index contributed by atoms with van der Waals surface area (Å²) in [6.07, 6.45) is 7.62. The van der Waals surface area contributed by atoms with Gasteiger partial charge in [-0.25, -0.2) is 4.98 Å². The second kappa shape index (κ2) is 6.30. The number of nitrogens with zero attached hydrogens (tertiary/aromatic N) is 5. The van der Waals surface area contributed by atoms with Crippen molar-refractivity contribution in [2.75, 3.05) is 5.32 Å². The van der Waals surface area contributed by atoms with Gasteiger partial charge in [0.2, 0.25) is 0 Å². The summed E-state index contributed by atoms with van der Waals surface area (Å²) in [7, 11) is 0.